The summed E-state index contributed by atoms with van der Waals surface area (Å²) in [6.07, 6.45) is -5.71. The number of alkyl carbamates (subject to hydrolysis) is 1. The molecule has 2 heterocycles. The summed E-state index contributed by atoms with van der Waals surface area (Å²) in [7, 11) is 0. The first-order valence-corrected chi connectivity index (χ1v) is 16.4. The van der Waals surface area contributed by atoms with Gasteiger partial charge in [0.2, 0.25) is 12.4 Å². The average Bonchev–Trinajstić information content (AvgIpc) is 3.12. The third-order valence-electron chi connectivity index (χ3n) is 9.07. The molecule has 6 atom stereocenters. The Bertz CT molecular complexity index is 2160. The van der Waals surface area contributed by atoms with Gasteiger partial charge >= 0.3 is 12.1 Å². The van der Waals surface area contributed by atoms with Gasteiger partial charge in [0.15, 0.2) is 5.43 Å². The standard InChI is InChI=1S/C38H36N2O12/c1-3-28-18(2)32(43)33(44)37(51-28)49-23-9-5-20(6-10-23)34(35(39)45)52-38(48)40-17-19-4-11-24(27(14-19)36(46)47)31-25-12-7-21(41)15-29(25)50-30-16-22(42)8-13-26(30)31/h4-16,18,28,32-34,37,41,43-44H,3,17H2,1-2H3,(H2,39,45)(H,40,48)(H,46,47)/p-1/t18-,28?,32?,33?,34?,37+/m0/s1. The monoisotopic (exact) mass is 711 g/mol. The fourth-order valence-corrected chi connectivity index (χ4v) is 6.34. The second kappa shape index (κ2) is 14.7. The van der Waals surface area contributed by atoms with Crippen LogP contribution in [0.3, 0.4) is 0 Å². The fraction of sp³-hybridized carbons (Fsp3) is 0.263. The molecule has 0 bridgehead atoms. The van der Waals surface area contributed by atoms with Crippen molar-refractivity contribution in [1.29, 1.82) is 0 Å². The van der Waals surface area contributed by atoms with Crippen molar-refractivity contribution in [1.82, 2.24) is 5.32 Å². The number of benzene rings is 4. The van der Waals surface area contributed by atoms with Gasteiger partial charge in [-0.3, -0.25) is 9.59 Å². The maximum absolute atomic E-state index is 12.8. The molecule has 52 heavy (non-hydrogen) atoms. The first kappa shape index (κ1) is 35.9. The Labute approximate surface area is 296 Å². The molecule has 2 aliphatic heterocycles. The third-order valence-corrected chi connectivity index (χ3v) is 9.07. The highest BCUT2D eigenvalue weighted by Gasteiger charge is 2.42. The molecule has 6 rings (SSSR count). The van der Waals surface area contributed by atoms with Gasteiger partial charge in [-0.15, -0.1) is 5.75 Å². The van der Waals surface area contributed by atoms with Crippen molar-refractivity contribution in [2.75, 3.05) is 0 Å². The second-order valence-corrected chi connectivity index (χ2v) is 12.5. The molecule has 2 amide bonds. The molecule has 270 valence electrons. The number of carbonyl (C=O) groups is 3. The molecule has 0 saturated carbocycles. The van der Waals surface area contributed by atoms with E-state index in [0.29, 0.717) is 28.5 Å². The number of primary amides is 1. The largest absolute Gasteiger partial charge is 0.872 e. The van der Waals surface area contributed by atoms with E-state index in [1.165, 1.54) is 66.7 Å². The van der Waals surface area contributed by atoms with Gasteiger partial charge in [-0.05, 0) is 53.9 Å². The van der Waals surface area contributed by atoms with Gasteiger partial charge in [-0.2, -0.15) is 0 Å². The van der Waals surface area contributed by atoms with Gasteiger partial charge in [0, 0.05) is 40.6 Å². The number of rotatable bonds is 10. The highest BCUT2D eigenvalue weighted by Crippen LogP contribution is 2.42. The number of ether oxygens (including phenoxy) is 3. The van der Waals surface area contributed by atoms with Crippen LogP contribution in [0.5, 0.6) is 11.5 Å². The van der Waals surface area contributed by atoms with Crippen LogP contribution in [0.2, 0.25) is 0 Å². The van der Waals surface area contributed by atoms with Crippen LogP contribution < -0.4 is 26.3 Å². The number of carbonyl (C=O) groups excluding carboxylic acids is 2. The SMILES string of the molecule is CCC1O[C@@H](Oc2ccc(C(OC(=O)NCc3ccc(-c4c5ccc(=O)cc-5oc5cc([O-])ccc45)c(C(=O)O)c3)C(N)=O)cc2)C(O)C(O)[C@H]1C. The summed E-state index contributed by atoms with van der Waals surface area (Å²) < 4.78 is 22.7. The Kier molecular flexibility index (Phi) is 10.1. The summed E-state index contributed by atoms with van der Waals surface area (Å²) in [4.78, 5) is 49.7. The molecule has 0 aromatic heterocycles. The normalized spacial score (nSPS) is 20.7. The lowest BCUT2D eigenvalue weighted by molar-refractivity contribution is -0.268. The third kappa shape index (κ3) is 7.26. The predicted molar refractivity (Wildman–Crippen MR) is 183 cm³/mol. The highest BCUT2D eigenvalue weighted by atomic mass is 16.7. The zero-order valence-corrected chi connectivity index (χ0v) is 28.0. The Balaban J connectivity index is 1.17. The van der Waals surface area contributed by atoms with Gasteiger partial charge < -0.3 is 50.1 Å². The number of hydrogen-bond acceptors (Lipinski definition) is 11. The lowest BCUT2D eigenvalue weighted by Crippen LogP contribution is -2.55. The van der Waals surface area contributed by atoms with E-state index < -0.39 is 42.6 Å². The minimum atomic E-state index is -1.50. The first-order valence-electron chi connectivity index (χ1n) is 16.4. The zero-order valence-electron chi connectivity index (χ0n) is 28.0. The van der Waals surface area contributed by atoms with E-state index in [1.807, 2.05) is 6.92 Å². The van der Waals surface area contributed by atoms with Crippen molar-refractivity contribution in [3.05, 3.63) is 106 Å². The molecule has 1 aliphatic carbocycles. The lowest BCUT2D eigenvalue weighted by Gasteiger charge is -2.41. The average molecular weight is 712 g/mol. The lowest BCUT2D eigenvalue weighted by atomic mass is 9.89. The highest BCUT2D eigenvalue weighted by molar-refractivity contribution is 6.07. The van der Waals surface area contributed by atoms with E-state index in [-0.39, 0.29) is 63.5 Å². The molecule has 1 fully saturated rings. The second-order valence-electron chi connectivity index (χ2n) is 12.5. The number of amides is 2. The number of carboxylic acids is 1. The van der Waals surface area contributed by atoms with Gasteiger partial charge in [0.1, 0.15) is 23.2 Å². The van der Waals surface area contributed by atoms with Gasteiger partial charge in [-0.1, -0.05) is 50.2 Å². The summed E-state index contributed by atoms with van der Waals surface area (Å²) in [5, 5.41) is 46.1. The number of aromatic carboxylic acids is 1. The van der Waals surface area contributed by atoms with Crippen LogP contribution in [-0.2, 0) is 20.8 Å². The van der Waals surface area contributed by atoms with Crippen LogP contribution in [0.4, 0.5) is 4.79 Å². The topological polar surface area (TPSA) is 231 Å². The van der Waals surface area contributed by atoms with Crippen molar-refractivity contribution >= 4 is 28.9 Å². The summed E-state index contributed by atoms with van der Waals surface area (Å²) in [6, 6.07) is 18.5. The molecular formula is C38H35N2O12-. The van der Waals surface area contributed by atoms with Gasteiger partial charge in [-0.25, -0.2) is 9.59 Å². The number of aliphatic hydroxyl groups is 2. The molecule has 3 aromatic rings. The summed E-state index contributed by atoms with van der Waals surface area (Å²) >= 11 is 0. The Morgan fingerprint density at radius 3 is 2.38 bits per heavy atom. The van der Waals surface area contributed by atoms with Crippen molar-refractivity contribution in [3.8, 4) is 33.9 Å². The Hall–Kier alpha value is -5.96. The van der Waals surface area contributed by atoms with E-state index >= 15 is 0 Å². The molecule has 3 aliphatic rings. The summed E-state index contributed by atoms with van der Waals surface area (Å²) in [5.74, 6) is -2.43. The number of nitrogens with two attached hydrogens (primary N) is 1. The van der Waals surface area contributed by atoms with E-state index in [2.05, 4.69) is 5.32 Å². The van der Waals surface area contributed by atoms with Crippen LogP contribution in [0, 0.1) is 5.92 Å². The smallest absolute Gasteiger partial charge is 0.408 e. The molecular weight excluding hydrogens is 676 g/mol. The quantitative estimate of drug-likeness (QED) is 0.131. The van der Waals surface area contributed by atoms with Crippen LogP contribution in [0.1, 0.15) is 47.9 Å². The van der Waals surface area contributed by atoms with Crippen LogP contribution in [0.15, 0.2) is 88.1 Å². The van der Waals surface area contributed by atoms with E-state index in [4.69, 9.17) is 24.4 Å². The van der Waals surface area contributed by atoms with E-state index in [0.717, 1.165) is 0 Å². The maximum Gasteiger partial charge on any atom is 0.408 e. The van der Waals surface area contributed by atoms with Crippen LogP contribution in [-0.4, -0.2) is 57.9 Å². The maximum atomic E-state index is 12.8. The number of aliphatic hydroxyl groups excluding tert-OH is 2. The Morgan fingerprint density at radius 1 is 0.962 bits per heavy atom. The minimum Gasteiger partial charge on any atom is -0.872 e. The molecule has 4 unspecified atom stereocenters. The zero-order chi connectivity index (χ0) is 37.3. The van der Waals surface area contributed by atoms with Crippen molar-refractivity contribution < 1.29 is 53.4 Å². The molecule has 0 spiro atoms. The van der Waals surface area contributed by atoms with E-state index in [1.54, 1.807) is 19.1 Å². The molecule has 14 heteroatoms. The van der Waals surface area contributed by atoms with Gasteiger partial charge in [0.25, 0.3) is 5.91 Å². The van der Waals surface area contributed by atoms with E-state index in [9.17, 15) is 39.6 Å². The first-order chi connectivity index (χ1) is 24.8. The van der Waals surface area contributed by atoms with Crippen molar-refractivity contribution in [3.63, 3.8) is 0 Å². The predicted octanol–water partition coefficient (Wildman–Crippen LogP) is 3.66. The summed E-state index contributed by atoms with van der Waals surface area (Å²) in [5.41, 5.74) is 7.04. The molecule has 3 aromatic carbocycles. The molecule has 6 N–H and O–H groups in total. The summed E-state index contributed by atoms with van der Waals surface area (Å²) in [6.45, 7) is 3.49. The van der Waals surface area contributed by atoms with Crippen molar-refractivity contribution in [2.45, 2.75) is 57.5 Å². The fourth-order valence-electron chi connectivity index (χ4n) is 6.34. The van der Waals surface area contributed by atoms with Crippen LogP contribution in [0.25, 0.3) is 33.4 Å². The number of carboxylic acid groups (broad SMARTS) is 1. The number of nitrogens with one attached hydrogen (secondary N) is 1. The van der Waals surface area contributed by atoms with Gasteiger partial charge in [0.05, 0.1) is 17.8 Å². The van der Waals surface area contributed by atoms with Crippen molar-refractivity contribution in [2.24, 2.45) is 11.7 Å². The number of hydrogen-bond donors (Lipinski definition) is 5. The molecule has 14 nitrogen and oxygen atoms in total. The molecule has 0 radical (unpaired) electrons. The molecule has 1 saturated heterocycles. The number of fused-ring (bicyclic) bond motifs is 2. The minimum absolute atomic E-state index is 0.128. The van der Waals surface area contributed by atoms with Crippen LogP contribution >= 0.6 is 0 Å². The Morgan fingerprint density at radius 2 is 1.69 bits per heavy atom.